The molecule has 0 spiro atoms. The third kappa shape index (κ3) is 4.16. The fourth-order valence-electron chi connectivity index (χ4n) is 3.29. The highest BCUT2D eigenvalue weighted by atomic mass is 19.4. The van der Waals surface area contributed by atoms with E-state index >= 15 is 0 Å². The number of nitrogens with one attached hydrogen (secondary N) is 1. The molecule has 1 aliphatic heterocycles. The molecule has 3 aromatic rings. The van der Waals surface area contributed by atoms with E-state index in [4.69, 9.17) is 0 Å². The molecule has 3 aromatic heterocycles. The third-order valence-corrected chi connectivity index (χ3v) is 4.73. The molecule has 0 saturated carbocycles. The van der Waals surface area contributed by atoms with Gasteiger partial charge in [0.2, 0.25) is 5.76 Å². The van der Waals surface area contributed by atoms with Crippen molar-refractivity contribution < 1.29 is 35.6 Å². The second kappa shape index (κ2) is 7.60. The molecule has 1 unspecified atom stereocenters. The first kappa shape index (κ1) is 21.8. The van der Waals surface area contributed by atoms with Crippen molar-refractivity contribution in [3.05, 3.63) is 47.2 Å². The Morgan fingerprint density at radius 1 is 1.19 bits per heavy atom. The van der Waals surface area contributed by atoms with Gasteiger partial charge in [-0.15, -0.1) is 0 Å². The molecule has 1 atom stereocenters. The van der Waals surface area contributed by atoms with Crippen molar-refractivity contribution in [2.24, 2.45) is 0 Å². The topological polar surface area (TPSA) is 98.7 Å². The normalized spacial score (nSPS) is 16.7. The van der Waals surface area contributed by atoms with Gasteiger partial charge in [-0.25, -0.2) is 14.6 Å². The molecule has 1 aliphatic rings. The number of alkyl halides is 6. The quantitative estimate of drug-likeness (QED) is 0.595. The van der Waals surface area contributed by atoms with Crippen LogP contribution in [0.2, 0.25) is 0 Å². The molecule has 0 aromatic carbocycles. The number of halogens is 6. The van der Waals surface area contributed by atoms with Gasteiger partial charge in [0.1, 0.15) is 11.5 Å². The molecule has 4 rings (SSSR count). The molecule has 0 bridgehead atoms. The minimum absolute atomic E-state index is 0.00394. The van der Waals surface area contributed by atoms with Gasteiger partial charge in [0.25, 0.3) is 5.91 Å². The Bertz CT molecular complexity index is 1170. The molecule has 1 N–H and O–H groups in total. The molecule has 0 radical (unpaired) electrons. The maximum absolute atomic E-state index is 12.9. The van der Waals surface area contributed by atoms with Crippen molar-refractivity contribution in [3.8, 4) is 11.4 Å². The Morgan fingerprint density at radius 2 is 1.94 bits per heavy atom. The number of rotatable bonds is 3. The Labute approximate surface area is 175 Å². The maximum Gasteiger partial charge on any atom is 0.468 e. The monoisotopic (exact) mass is 460 g/mol. The van der Waals surface area contributed by atoms with Crippen molar-refractivity contribution in [1.82, 2.24) is 30.0 Å². The summed E-state index contributed by atoms with van der Waals surface area (Å²) < 4.78 is 83.2. The second-order valence-electron chi connectivity index (χ2n) is 7.04. The van der Waals surface area contributed by atoms with E-state index in [0.29, 0.717) is 19.4 Å². The van der Waals surface area contributed by atoms with Crippen molar-refractivity contribution in [2.45, 2.75) is 44.7 Å². The van der Waals surface area contributed by atoms with Gasteiger partial charge in [-0.1, -0.05) is 0 Å². The smallest absolute Gasteiger partial charge is 0.427 e. The molecule has 1 amide bonds. The first-order chi connectivity index (χ1) is 14.9. The molecule has 14 heteroatoms. The lowest BCUT2D eigenvalue weighted by atomic mass is 10.1. The fraction of sp³-hybridized carbons (Fsp3) is 0.389. The minimum atomic E-state index is -4.84. The highest BCUT2D eigenvalue weighted by molar-refractivity contribution is 5.92. The number of nitrogens with zero attached hydrogens (tertiary/aromatic N) is 5. The van der Waals surface area contributed by atoms with Gasteiger partial charge in [0, 0.05) is 18.3 Å². The lowest BCUT2D eigenvalue weighted by molar-refractivity contribution is -0.157. The van der Waals surface area contributed by atoms with E-state index < -0.39 is 41.6 Å². The Balaban J connectivity index is 1.60. The number of hydrogen-bond acceptors (Lipinski definition) is 6. The Morgan fingerprint density at radius 3 is 2.59 bits per heavy atom. The highest BCUT2D eigenvalue weighted by Gasteiger charge is 2.39. The minimum Gasteiger partial charge on any atom is -0.427 e. The zero-order valence-corrected chi connectivity index (χ0v) is 16.3. The van der Waals surface area contributed by atoms with Gasteiger partial charge in [0.15, 0.2) is 5.82 Å². The number of oxazole rings is 1. The maximum atomic E-state index is 12.9. The first-order valence-corrected chi connectivity index (χ1v) is 9.27. The van der Waals surface area contributed by atoms with Gasteiger partial charge in [0.05, 0.1) is 11.7 Å². The lowest BCUT2D eigenvalue weighted by Gasteiger charge is -2.22. The van der Waals surface area contributed by atoms with Crippen LogP contribution in [0.1, 0.15) is 52.5 Å². The molecular formula is C18H14F6N6O2. The molecule has 8 nitrogen and oxygen atoms in total. The summed E-state index contributed by atoms with van der Waals surface area (Å²) in [7, 11) is 0. The van der Waals surface area contributed by atoms with Crippen LogP contribution in [0.5, 0.6) is 0 Å². The average Bonchev–Trinajstić information content (AvgIpc) is 3.32. The van der Waals surface area contributed by atoms with E-state index in [1.165, 1.54) is 17.7 Å². The molecule has 0 fully saturated rings. The number of carbonyl (C=O) groups excluding carboxylic acids is 1. The molecule has 0 aliphatic carbocycles. The predicted molar refractivity (Wildman–Crippen MR) is 93.9 cm³/mol. The van der Waals surface area contributed by atoms with Crippen LogP contribution < -0.4 is 5.32 Å². The fourth-order valence-corrected chi connectivity index (χ4v) is 3.29. The molecule has 4 heterocycles. The summed E-state index contributed by atoms with van der Waals surface area (Å²) in [5.41, 5.74) is -1.25. The summed E-state index contributed by atoms with van der Waals surface area (Å²) in [6.45, 7) is 1.61. The van der Waals surface area contributed by atoms with Crippen molar-refractivity contribution in [1.29, 1.82) is 0 Å². The van der Waals surface area contributed by atoms with Crippen LogP contribution in [0.3, 0.4) is 0 Å². The van der Waals surface area contributed by atoms with Crippen LogP contribution in [-0.2, 0) is 18.9 Å². The number of pyridine rings is 1. The predicted octanol–water partition coefficient (Wildman–Crippen LogP) is 3.94. The number of aromatic nitrogens is 5. The summed E-state index contributed by atoms with van der Waals surface area (Å²) in [6.07, 6.45) is -7.55. The van der Waals surface area contributed by atoms with E-state index in [2.05, 4.69) is 29.8 Å². The van der Waals surface area contributed by atoms with Gasteiger partial charge in [-0.2, -0.15) is 31.4 Å². The summed E-state index contributed by atoms with van der Waals surface area (Å²) in [5.74, 6) is -2.77. The van der Waals surface area contributed by atoms with E-state index in [0.717, 1.165) is 12.3 Å². The Kier molecular flexibility index (Phi) is 5.17. The lowest BCUT2D eigenvalue weighted by Crippen LogP contribution is -2.33. The van der Waals surface area contributed by atoms with Crippen LogP contribution in [0.4, 0.5) is 26.3 Å². The number of amides is 1. The largest absolute Gasteiger partial charge is 0.468 e. The van der Waals surface area contributed by atoms with Gasteiger partial charge in [-0.05, 0) is 31.9 Å². The van der Waals surface area contributed by atoms with Crippen LogP contribution in [0.25, 0.3) is 11.4 Å². The number of carbonyl (C=O) groups is 1. The van der Waals surface area contributed by atoms with Crippen molar-refractivity contribution in [2.75, 3.05) is 0 Å². The molecular weight excluding hydrogens is 446 g/mol. The highest BCUT2D eigenvalue weighted by Crippen LogP contribution is 2.32. The summed E-state index contributed by atoms with van der Waals surface area (Å²) in [4.78, 5) is 23.3. The third-order valence-electron chi connectivity index (χ3n) is 4.73. The average molecular weight is 460 g/mol. The van der Waals surface area contributed by atoms with Gasteiger partial charge >= 0.3 is 18.2 Å². The summed E-state index contributed by atoms with van der Waals surface area (Å²) in [5, 5.41) is 6.74. The van der Waals surface area contributed by atoms with Crippen molar-refractivity contribution in [3.63, 3.8) is 0 Å². The molecule has 170 valence electrons. The number of hydrogen-bond donors (Lipinski definition) is 1. The van der Waals surface area contributed by atoms with Gasteiger partial charge in [-0.3, -0.25) is 9.78 Å². The van der Waals surface area contributed by atoms with Crippen LogP contribution >= 0.6 is 0 Å². The molecule has 0 saturated heterocycles. The second-order valence-corrected chi connectivity index (χ2v) is 7.04. The standard InChI is InChI=1S/C18H14F6N6O2/c1-8-12(32-16(26-8)18(22,23)24)15(31)27-10-3-2-6-30-14(10)28-13(29-30)9-4-5-25-11(7-9)17(19,20)21/h4-5,7,10H,2-3,6H2,1H3,(H,27,31). The first-order valence-electron chi connectivity index (χ1n) is 9.27. The van der Waals surface area contributed by atoms with E-state index in [1.54, 1.807) is 0 Å². The van der Waals surface area contributed by atoms with Gasteiger partial charge < -0.3 is 9.73 Å². The molecule has 32 heavy (non-hydrogen) atoms. The van der Waals surface area contributed by atoms with Crippen LogP contribution in [0.15, 0.2) is 22.7 Å². The Hall–Kier alpha value is -3.45. The van der Waals surface area contributed by atoms with E-state index in [9.17, 15) is 31.1 Å². The summed E-state index contributed by atoms with van der Waals surface area (Å²) >= 11 is 0. The summed E-state index contributed by atoms with van der Waals surface area (Å²) in [6, 6.07) is 1.40. The van der Waals surface area contributed by atoms with E-state index in [-0.39, 0.29) is 22.9 Å². The number of aryl methyl sites for hydroxylation is 2. The van der Waals surface area contributed by atoms with Crippen molar-refractivity contribution >= 4 is 5.91 Å². The SMILES string of the molecule is Cc1nc(C(F)(F)F)oc1C(=O)NC1CCCn2nc(-c3ccnc(C(F)(F)F)c3)nc21. The zero-order chi connectivity index (χ0) is 23.3. The number of fused-ring (bicyclic) bond motifs is 1. The van der Waals surface area contributed by atoms with Crippen LogP contribution in [0, 0.1) is 6.92 Å². The van der Waals surface area contributed by atoms with E-state index in [1.807, 2.05) is 0 Å². The zero-order valence-electron chi connectivity index (χ0n) is 16.3. The van der Waals surface area contributed by atoms with Crippen LogP contribution in [-0.4, -0.2) is 30.6 Å².